The van der Waals surface area contributed by atoms with Crippen LogP contribution in [0.5, 0.6) is 0 Å². The molecule has 1 aliphatic carbocycles. The van der Waals surface area contributed by atoms with Crippen molar-refractivity contribution in [1.82, 2.24) is 9.80 Å². The van der Waals surface area contributed by atoms with Gasteiger partial charge < -0.3 is 15.4 Å². The van der Waals surface area contributed by atoms with E-state index >= 15 is 0 Å². The Balaban J connectivity index is 1.91. The average molecular weight is 297 g/mol. The minimum atomic E-state index is 0.0775. The summed E-state index contributed by atoms with van der Waals surface area (Å²) in [5, 5.41) is 0. The van der Waals surface area contributed by atoms with Crippen molar-refractivity contribution in [3.05, 3.63) is 0 Å². The van der Waals surface area contributed by atoms with E-state index in [1.54, 1.807) is 0 Å². The molecule has 122 valence electrons. The predicted molar refractivity (Wildman–Crippen MR) is 84.1 cm³/mol. The first-order valence-corrected chi connectivity index (χ1v) is 8.47. The lowest BCUT2D eigenvalue weighted by molar-refractivity contribution is -0.139. The molecule has 0 aromatic carbocycles. The van der Waals surface area contributed by atoms with Gasteiger partial charge in [-0.15, -0.1) is 0 Å². The van der Waals surface area contributed by atoms with Crippen LogP contribution in [0.3, 0.4) is 0 Å². The molecule has 2 rings (SSSR count). The van der Waals surface area contributed by atoms with Crippen LogP contribution in [0.2, 0.25) is 0 Å². The third-order valence-electron chi connectivity index (χ3n) is 4.66. The van der Waals surface area contributed by atoms with E-state index in [9.17, 15) is 4.79 Å². The molecule has 0 spiro atoms. The lowest BCUT2D eigenvalue weighted by Crippen LogP contribution is -2.53. The molecule has 1 amide bonds. The number of amides is 1. The van der Waals surface area contributed by atoms with Gasteiger partial charge in [0.05, 0.1) is 19.3 Å². The molecule has 2 fully saturated rings. The summed E-state index contributed by atoms with van der Waals surface area (Å²) in [6.45, 7) is 7.59. The van der Waals surface area contributed by atoms with Crippen LogP contribution in [0.25, 0.3) is 0 Å². The van der Waals surface area contributed by atoms with E-state index in [1.165, 1.54) is 32.1 Å². The van der Waals surface area contributed by atoms with E-state index in [2.05, 4.69) is 23.6 Å². The van der Waals surface area contributed by atoms with E-state index in [0.29, 0.717) is 25.7 Å². The summed E-state index contributed by atoms with van der Waals surface area (Å²) < 4.78 is 5.57. The number of hydrogen-bond acceptors (Lipinski definition) is 4. The Bertz CT molecular complexity index is 329. The van der Waals surface area contributed by atoms with Crippen molar-refractivity contribution in [3.63, 3.8) is 0 Å². The van der Waals surface area contributed by atoms with E-state index in [-0.39, 0.29) is 18.1 Å². The Labute approximate surface area is 128 Å². The highest BCUT2D eigenvalue weighted by Crippen LogP contribution is 2.24. The molecule has 5 nitrogen and oxygen atoms in total. The molecule has 0 radical (unpaired) electrons. The van der Waals surface area contributed by atoms with Gasteiger partial charge in [0.1, 0.15) is 0 Å². The number of carbonyl (C=O) groups is 1. The normalized spacial score (nSPS) is 25.2. The van der Waals surface area contributed by atoms with Crippen LogP contribution >= 0.6 is 0 Å². The van der Waals surface area contributed by atoms with Crippen LogP contribution in [0.15, 0.2) is 0 Å². The molecule has 0 aromatic heterocycles. The maximum Gasteiger partial charge on any atom is 0.237 e. The Hall–Kier alpha value is -0.650. The van der Waals surface area contributed by atoms with Gasteiger partial charge in [0.25, 0.3) is 0 Å². The van der Waals surface area contributed by atoms with Crippen LogP contribution in [0, 0.1) is 0 Å². The quantitative estimate of drug-likeness (QED) is 0.829. The number of ether oxygens (including phenoxy) is 1. The molecule has 2 aliphatic rings. The molecular formula is C16H31N3O2. The van der Waals surface area contributed by atoms with Crippen molar-refractivity contribution in [2.75, 3.05) is 32.8 Å². The van der Waals surface area contributed by atoms with Crippen LogP contribution in [0.4, 0.5) is 0 Å². The van der Waals surface area contributed by atoms with E-state index in [0.717, 1.165) is 13.1 Å². The average Bonchev–Trinajstić information content (AvgIpc) is 2.48. The smallest absolute Gasteiger partial charge is 0.237 e. The molecule has 0 bridgehead atoms. The summed E-state index contributed by atoms with van der Waals surface area (Å²) in [5.41, 5.74) is 5.67. The predicted octanol–water partition coefficient (Wildman–Crippen LogP) is 1.22. The second-order valence-corrected chi connectivity index (χ2v) is 6.65. The van der Waals surface area contributed by atoms with Gasteiger partial charge in [-0.3, -0.25) is 9.69 Å². The van der Waals surface area contributed by atoms with Gasteiger partial charge in [-0.25, -0.2) is 0 Å². The molecule has 1 atom stereocenters. The molecule has 21 heavy (non-hydrogen) atoms. The van der Waals surface area contributed by atoms with Gasteiger partial charge in [0.2, 0.25) is 5.91 Å². The fraction of sp³-hybridized carbons (Fsp3) is 0.938. The highest BCUT2D eigenvalue weighted by Gasteiger charge is 2.29. The number of hydrogen-bond donors (Lipinski definition) is 1. The number of rotatable bonds is 5. The van der Waals surface area contributed by atoms with Crippen molar-refractivity contribution in [3.8, 4) is 0 Å². The van der Waals surface area contributed by atoms with E-state index < -0.39 is 0 Å². The summed E-state index contributed by atoms with van der Waals surface area (Å²) in [6.07, 6.45) is 6.24. The maximum atomic E-state index is 12.8. The van der Waals surface area contributed by atoms with Crippen LogP contribution in [0.1, 0.15) is 46.0 Å². The topological polar surface area (TPSA) is 58.8 Å². The molecule has 1 saturated carbocycles. The molecule has 1 heterocycles. The fourth-order valence-corrected chi connectivity index (χ4v) is 3.61. The Kier molecular flexibility index (Phi) is 6.45. The summed E-state index contributed by atoms with van der Waals surface area (Å²) in [4.78, 5) is 17.1. The van der Waals surface area contributed by atoms with Gasteiger partial charge in [-0.05, 0) is 26.7 Å². The van der Waals surface area contributed by atoms with Crippen molar-refractivity contribution >= 4 is 5.91 Å². The molecule has 0 aromatic rings. The summed E-state index contributed by atoms with van der Waals surface area (Å²) in [5.74, 6) is 0.273. The van der Waals surface area contributed by atoms with Gasteiger partial charge in [-0.1, -0.05) is 19.3 Å². The lowest BCUT2D eigenvalue weighted by Gasteiger charge is -2.39. The third-order valence-corrected chi connectivity index (χ3v) is 4.66. The molecule has 1 aliphatic heterocycles. The lowest BCUT2D eigenvalue weighted by atomic mass is 9.93. The maximum absolute atomic E-state index is 12.8. The minimum Gasteiger partial charge on any atom is -0.374 e. The van der Waals surface area contributed by atoms with Gasteiger partial charge in [0.15, 0.2) is 0 Å². The zero-order valence-electron chi connectivity index (χ0n) is 13.6. The standard InChI is InChI=1S/C16H31N3O2/c1-13(2)19(14-6-4-3-5-7-14)16(20)12-18-8-9-21-15(10-17)11-18/h13-15H,3-12,17H2,1-2H3. The zero-order valence-corrected chi connectivity index (χ0v) is 13.6. The minimum absolute atomic E-state index is 0.0775. The second-order valence-electron chi connectivity index (χ2n) is 6.65. The molecule has 1 saturated heterocycles. The zero-order chi connectivity index (χ0) is 15.2. The molecule has 1 unspecified atom stereocenters. The number of nitrogens with zero attached hydrogens (tertiary/aromatic N) is 2. The Morgan fingerprint density at radius 1 is 1.33 bits per heavy atom. The highest BCUT2D eigenvalue weighted by molar-refractivity contribution is 5.79. The highest BCUT2D eigenvalue weighted by atomic mass is 16.5. The molecule has 2 N–H and O–H groups in total. The molecule has 5 heteroatoms. The summed E-state index contributed by atoms with van der Waals surface area (Å²) >= 11 is 0. The van der Waals surface area contributed by atoms with Crippen molar-refractivity contribution < 1.29 is 9.53 Å². The monoisotopic (exact) mass is 297 g/mol. The SMILES string of the molecule is CC(C)N(C(=O)CN1CCOC(CN)C1)C1CCCCC1. The van der Waals surface area contributed by atoms with Crippen molar-refractivity contribution in [1.29, 1.82) is 0 Å². The van der Waals surface area contributed by atoms with Crippen molar-refractivity contribution in [2.45, 2.75) is 64.1 Å². The first-order chi connectivity index (χ1) is 10.1. The first-order valence-electron chi connectivity index (χ1n) is 8.47. The van der Waals surface area contributed by atoms with Gasteiger partial charge in [0, 0.05) is 31.7 Å². The Morgan fingerprint density at radius 2 is 2.05 bits per heavy atom. The Morgan fingerprint density at radius 3 is 2.67 bits per heavy atom. The van der Waals surface area contributed by atoms with E-state index in [4.69, 9.17) is 10.5 Å². The first kappa shape index (κ1) is 16.7. The van der Waals surface area contributed by atoms with Crippen molar-refractivity contribution in [2.24, 2.45) is 5.73 Å². The van der Waals surface area contributed by atoms with Gasteiger partial charge in [-0.2, -0.15) is 0 Å². The summed E-state index contributed by atoms with van der Waals surface area (Å²) in [6, 6.07) is 0.726. The van der Waals surface area contributed by atoms with Crippen LogP contribution in [-0.2, 0) is 9.53 Å². The third kappa shape index (κ3) is 4.66. The fourth-order valence-electron chi connectivity index (χ4n) is 3.61. The largest absolute Gasteiger partial charge is 0.374 e. The van der Waals surface area contributed by atoms with E-state index in [1.807, 2.05) is 0 Å². The molecular weight excluding hydrogens is 266 g/mol. The van der Waals surface area contributed by atoms with Crippen LogP contribution in [-0.4, -0.2) is 66.7 Å². The van der Waals surface area contributed by atoms with Crippen LogP contribution < -0.4 is 5.73 Å². The number of nitrogens with two attached hydrogens (primary N) is 1. The van der Waals surface area contributed by atoms with Gasteiger partial charge >= 0.3 is 0 Å². The number of carbonyl (C=O) groups excluding carboxylic acids is 1. The number of morpholine rings is 1. The second kappa shape index (κ2) is 8.11. The summed E-state index contributed by atoms with van der Waals surface area (Å²) in [7, 11) is 0.